The Labute approximate surface area is 153 Å². The average Bonchev–Trinajstić information content (AvgIpc) is 2.64. The number of methoxy groups -OCH3 is 2. The average molecular weight is 349 g/mol. The zero-order chi connectivity index (χ0) is 18.7. The van der Waals surface area contributed by atoms with E-state index in [-0.39, 0.29) is 5.41 Å². The highest BCUT2D eigenvalue weighted by Crippen LogP contribution is 2.35. The molecule has 0 atom stereocenters. The quantitative estimate of drug-likeness (QED) is 0.693. The van der Waals surface area contributed by atoms with Gasteiger partial charge in [-0.1, -0.05) is 26.8 Å². The van der Waals surface area contributed by atoms with Crippen molar-refractivity contribution in [3.63, 3.8) is 0 Å². The van der Waals surface area contributed by atoms with E-state index in [2.05, 4.69) is 25.8 Å². The predicted molar refractivity (Wildman–Crippen MR) is 105 cm³/mol. The summed E-state index contributed by atoms with van der Waals surface area (Å²) in [5, 5.41) is 0.940. The summed E-state index contributed by atoms with van der Waals surface area (Å²) in [6.07, 6.45) is 7.41. The first kappa shape index (κ1) is 17.9. The fourth-order valence-electron chi connectivity index (χ4n) is 2.76. The number of nitrogens with zero attached hydrogens (tertiary/aromatic N) is 3. The van der Waals surface area contributed by atoms with Crippen LogP contribution in [0.15, 0.2) is 36.7 Å². The summed E-state index contributed by atoms with van der Waals surface area (Å²) in [5.74, 6) is 2.04. The van der Waals surface area contributed by atoms with Gasteiger partial charge in [0.1, 0.15) is 17.0 Å². The Bertz CT molecular complexity index is 945. The number of rotatable bonds is 4. The molecular formula is C21H23N3O2. The number of aromatic nitrogens is 3. The van der Waals surface area contributed by atoms with Crippen molar-refractivity contribution in [3.05, 3.63) is 53.7 Å². The monoisotopic (exact) mass is 349 g/mol. The molecule has 0 radical (unpaired) electrons. The highest BCUT2D eigenvalue weighted by atomic mass is 16.5. The zero-order valence-electron chi connectivity index (χ0n) is 15.8. The Kier molecular flexibility index (Phi) is 4.89. The molecule has 0 aliphatic heterocycles. The molecule has 0 fully saturated rings. The summed E-state index contributed by atoms with van der Waals surface area (Å²) in [6.45, 7) is 6.41. The normalized spacial score (nSPS) is 11.9. The minimum atomic E-state index is -0.155. The molecule has 0 saturated heterocycles. The van der Waals surface area contributed by atoms with E-state index < -0.39 is 0 Å². The van der Waals surface area contributed by atoms with Crippen LogP contribution in [-0.4, -0.2) is 29.2 Å². The standard InChI is InChI=1S/C21H23N3O2/c1-21(2,3)20-16-12-15(25-4)13-17(26-5)19(16)23-18(24-20)7-6-14-8-10-22-11-9-14/h6-13H,1-5H3/b7-6+. The van der Waals surface area contributed by atoms with Crippen LogP contribution in [0.3, 0.4) is 0 Å². The summed E-state index contributed by atoms with van der Waals surface area (Å²) in [6, 6.07) is 7.69. The van der Waals surface area contributed by atoms with E-state index in [0.717, 1.165) is 27.9 Å². The molecule has 134 valence electrons. The van der Waals surface area contributed by atoms with Crippen LogP contribution in [0.25, 0.3) is 23.1 Å². The molecule has 5 heteroatoms. The molecule has 3 rings (SSSR count). The topological polar surface area (TPSA) is 57.1 Å². The van der Waals surface area contributed by atoms with Crippen molar-refractivity contribution in [2.45, 2.75) is 26.2 Å². The lowest BCUT2D eigenvalue weighted by Gasteiger charge is -2.21. The lowest BCUT2D eigenvalue weighted by atomic mass is 9.89. The van der Waals surface area contributed by atoms with Crippen molar-refractivity contribution >= 4 is 23.1 Å². The second-order valence-corrected chi connectivity index (χ2v) is 7.02. The molecule has 0 aliphatic rings. The first-order valence-electron chi connectivity index (χ1n) is 8.44. The molecule has 0 bridgehead atoms. The summed E-state index contributed by atoms with van der Waals surface area (Å²) in [4.78, 5) is 13.6. The van der Waals surface area contributed by atoms with Gasteiger partial charge < -0.3 is 9.47 Å². The second kappa shape index (κ2) is 7.12. The SMILES string of the molecule is COc1cc(OC)c2nc(/C=C/c3ccncc3)nc(C(C)(C)C)c2c1. The van der Waals surface area contributed by atoms with Crippen molar-refractivity contribution in [2.75, 3.05) is 14.2 Å². The van der Waals surface area contributed by atoms with Crippen LogP contribution in [0.4, 0.5) is 0 Å². The Hall–Kier alpha value is -2.95. The highest BCUT2D eigenvalue weighted by Gasteiger charge is 2.22. The van der Waals surface area contributed by atoms with E-state index in [0.29, 0.717) is 11.6 Å². The molecule has 0 unspecified atom stereocenters. The molecule has 0 spiro atoms. The van der Waals surface area contributed by atoms with Gasteiger partial charge in [-0.25, -0.2) is 9.97 Å². The van der Waals surface area contributed by atoms with Gasteiger partial charge in [0.15, 0.2) is 5.82 Å². The molecule has 0 aliphatic carbocycles. The van der Waals surface area contributed by atoms with E-state index in [1.54, 1.807) is 26.6 Å². The lowest BCUT2D eigenvalue weighted by molar-refractivity contribution is 0.397. The van der Waals surface area contributed by atoms with E-state index >= 15 is 0 Å². The van der Waals surface area contributed by atoms with Crippen molar-refractivity contribution in [1.82, 2.24) is 15.0 Å². The lowest BCUT2D eigenvalue weighted by Crippen LogP contribution is -2.16. The van der Waals surface area contributed by atoms with Crippen LogP contribution in [-0.2, 0) is 5.41 Å². The molecule has 0 saturated carbocycles. The maximum atomic E-state index is 5.55. The molecule has 26 heavy (non-hydrogen) atoms. The predicted octanol–water partition coefficient (Wildman–Crippen LogP) is 4.51. The third-order valence-electron chi connectivity index (χ3n) is 4.05. The van der Waals surface area contributed by atoms with Crippen LogP contribution < -0.4 is 9.47 Å². The van der Waals surface area contributed by atoms with Crippen molar-refractivity contribution in [1.29, 1.82) is 0 Å². The Morgan fingerprint density at radius 2 is 1.65 bits per heavy atom. The van der Waals surface area contributed by atoms with Gasteiger partial charge >= 0.3 is 0 Å². The van der Waals surface area contributed by atoms with E-state index in [1.807, 2.05) is 36.4 Å². The van der Waals surface area contributed by atoms with Crippen LogP contribution in [0, 0.1) is 0 Å². The Morgan fingerprint density at radius 1 is 0.923 bits per heavy atom. The largest absolute Gasteiger partial charge is 0.497 e. The summed E-state index contributed by atoms with van der Waals surface area (Å²) < 4.78 is 11.0. The third-order valence-corrected chi connectivity index (χ3v) is 4.05. The highest BCUT2D eigenvalue weighted by molar-refractivity contribution is 5.89. The Balaban J connectivity index is 2.21. The molecule has 0 amide bonds. The third kappa shape index (κ3) is 3.67. The van der Waals surface area contributed by atoms with Crippen molar-refractivity contribution < 1.29 is 9.47 Å². The van der Waals surface area contributed by atoms with Crippen LogP contribution >= 0.6 is 0 Å². The number of hydrogen-bond donors (Lipinski definition) is 0. The van der Waals surface area contributed by atoms with E-state index in [4.69, 9.17) is 19.4 Å². The summed E-state index contributed by atoms with van der Waals surface area (Å²) >= 11 is 0. The van der Waals surface area contributed by atoms with Gasteiger partial charge in [0.2, 0.25) is 0 Å². The smallest absolute Gasteiger partial charge is 0.153 e. The van der Waals surface area contributed by atoms with Gasteiger partial charge in [-0.05, 0) is 29.8 Å². The molecule has 0 N–H and O–H groups in total. The van der Waals surface area contributed by atoms with Gasteiger partial charge in [0.25, 0.3) is 0 Å². The second-order valence-electron chi connectivity index (χ2n) is 7.02. The molecular weight excluding hydrogens is 326 g/mol. The van der Waals surface area contributed by atoms with Gasteiger partial charge in [-0.3, -0.25) is 4.98 Å². The number of hydrogen-bond acceptors (Lipinski definition) is 5. The minimum Gasteiger partial charge on any atom is -0.497 e. The van der Waals surface area contributed by atoms with Crippen LogP contribution in [0.1, 0.15) is 37.9 Å². The summed E-state index contributed by atoms with van der Waals surface area (Å²) in [7, 11) is 3.28. The number of pyridine rings is 1. The number of benzene rings is 1. The number of ether oxygens (including phenoxy) is 2. The van der Waals surface area contributed by atoms with Crippen LogP contribution in [0.2, 0.25) is 0 Å². The minimum absolute atomic E-state index is 0.155. The molecule has 2 heterocycles. The fourth-order valence-corrected chi connectivity index (χ4v) is 2.76. The maximum Gasteiger partial charge on any atom is 0.153 e. The molecule has 1 aromatic carbocycles. The molecule has 5 nitrogen and oxygen atoms in total. The van der Waals surface area contributed by atoms with Gasteiger partial charge in [-0.15, -0.1) is 0 Å². The fraction of sp³-hybridized carbons (Fsp3) is 0.286. The van der Waals surface area contributed by atoms with Crippen molar-refractivity contribution in [2.24, 2.45) is 0 Å². The van der Waals surface area contributed by atoms with E-state index in [9.17, 15) is 0 Å². The van der Waals surface area contributed by atoms with Gasteiger partial charge in [0.05, 0.1) is 19.9 Å². The molecule has 3 aromatic rings. The van der Waals surface area contributed by atoms with Gasteiger partial charge in [0, 0.05) is 29.3 Å². The van der Waals surface area contributed by atoms with Crippen LogP contribution in [0.5, 0.6) is 11.5 Å². The first-order valence-corrected chi connectivity index (χ1v) is 8.44. The summed E-state index contributed by atoms with van der Waals surface area (Å²) in [5.41, 5.74) is 2.62. The molecule has 2 aromatic heterocycles. The zero-order valence-corrected chi connectivity index (χ0v) is 15.8. The van der Waals surface area contributed by atoms with Gasteiger partial charge in [-0.2, -0.15) is 0 Å². The Morgan fingerprint density at radius 3 is 2.27 bits per heavy atom. The van der Waals surface area contributed by atoms with E-state index in [1.165, 1.54) is 0 Å². The van der Waals surface area contributed by atoms with Crippen molar-refractivity contribution in [3.8, 4) is 11.5 Å². The first-order chi connectivity index (χ1) is 12.4. The maximum absolute atomic E-state index is 5.55. The number of fused-ring (bicyclic) bond motifs is 1.